The van der Waals surface area contributed by atoms with Crippen LogP contribution in [0.25, 0.3) is 22.2 Å². The molecular weight excluding hydrogens is 602 g/mol. The maximum absolute atomic E-state index is 14.7. The van der Waals surface area contributed by atoms with Crippen LogP contribution in [-0.2, 0) is 21.5 Å². The van der Waals surface area contributed by atoms with Crippen LogP contribution in [0.2, 0.25) is 0 Å². The summed E-state index contributed by atoms with van der Waals surface area (Å²) in [7, 11) is 0.508. The molecule has 4 fully saturated rings. The van der Waals surface area contributed by atoms with Gasteiger partial charge in [0.15, 0.2) is 0 Å². The first-order chi connectivity index (χ1) is 22.1. The molecule has 11 heteroatoms. The van der Waals surface area contributed by atoms with E-state index < -0.39 is 21.5 Å². The lowest BCUT2D eigenvalue weighted by atomic mass is 9.81. The van der Waals surface area contributed by atoms with Crippen LogP contribution in [-0.4, -0.2) is 80.4 Å². The van der Waals surface area contributed by atoms with E-state index in [-0.39, 0.29) is 17.4 Å². The van der Waals surface area contributed by atoms with Crippen LogP contribution in [0, 0.1) is 5.41 Å². The second kappa shape index (κ2) is 10.8. The molecule has 5 aliphatic rings. The van der Waals surface area contributed by atoms with E-state index in [1.165, 1.54) is 44.5 Å². The molecule has 4 heterocycles. The van der Waals surface area contributed by atoms with Crippen molar-refractivity contribution < 1.29 is 22.7 Å². The van der Waals surface area contributed by atoms with Crippen LogP contribution in [0.4, 0.5) is 0 Å². The Balaban J connectivity index is 1.31. The minimum atomic E-state index is -3.96. The Morgan fingerprint density at radius 2 is 1.74 bits per heavy atom. The number of ether oxygens (including phenoxy) is 1. The maximum Gasteiger partial charge on any atom is 0.303 e. The molecule has 1 aromatic heterocycles. The van der Waals surface area contributed by atoms with Gasteiger partial charge in [0.2, 0.25) is 5.91 Å². The molecule has 2 aromatic carbocycles. The van der Waals surface area contributed by atoms with Crippen LogP contribution < -0.4 is 14.8 Å². The number of rotatable bonds is 6. The van der Waals surface area contributed by atoms with E-state index in [0.717, 1.165) is 77.4 Å². The summed E-state index contributed by atoms with van der Waals surface area (Å²) in [4.78, 5) is 30.2. The van der Waals surface area contributed by atoms with Crippen molar-refractivity contribution in [2.45, 2.75) is 81.8 Å². The van der Waals surface area contributed by atoms with Gasteiger partial charge in [-0.15, -0.1) is 0 Å². The van der Waals surface area contributed by atoms with Crippen molar-refractivity contribution in [2.24, 2.45) is 5.41 Å². The lowest BCUT2D eigenvalue weighted by Crippen LogP contribution is -2.55. The number of carbonyl (C=O) groups excluding carboxylic acids is 2. The Morgan fingerprint density at radius 3 is 2.43 bits per heavy atom. The molecular formula is C35H43N5O5S. The number of methoxy groups -OCH3 is 1. The molecule has 2 saturated carbocycles. The molecule has 3 aliphatic heterocycles. The zero-order valence-corrected chi connectivity index (χ0v) is 27.7. The largest absolute Gasteiger partial charge is 0.497 e. The van der Waals surface area contributed by atoms with Gasteiger partial charge in [-0.25, -0.2) is 4.72 Å². The van der Waals surface area contributed by atoms with E-state index in [0.29, 0.717) is 24.5 Å². The highest BCUT2D eigenvalue weighted by atomic mass is 32.2. The predicted octanol–water partition coefficient (Wildman–Crippen LogP) is 4.35. The first kappa shape index (κ1) is 30.0. The smallest absolute Gasteiger partial charge is 0.303 e. The molecule has 2 aliphatic carbocycles. The average molecular weight is 646 g/mol. The van der Waals surface area contributed by atoms with Crippen LogP contribution in [0.5, 0.6) is 5.75 Å². The highest BCUT2D eigenvalue weighted by Crippen LogP contribution is 2.66. The molecule has 3 aromatic rings. The number of carbonyl (C=O) groups is 2. The third kappa shape index (κ3) is 4.68. The van der Waals surface area contributed by atoms with Crippen molar-refractivity contribution >= 4 is 32.9 Å². The van der Waals surface area contributed by atoms with Gasteiger partial charge in [-0.2, -0.15) is 12.7 Å². The fourth-order valence-electron chi connectivity index (χ4n) is 8.97. The van der Waals surface area contributed by atoms with Crippen molar-refractivity contribution in [3.05, 3.63) is 53.1 Å². The zero-order valence-electron chi connectivity index (χ0n) is 26.8. The number of aromatic nitrogens is 1. The first-order valence-corrected chi connectivity index (χ1v) is 18.2. The number of piperazine rings is 1. The number of benzene rings is 2. The highest BCUT2D eigenvalue weighted by Gasteiger charge is 2.64. The molecule has 46 heavy (non-hydrogen) atoms. The third-order valence-corrected chi connectivity index (χ3v) is 12.8. The second-order valence-corrected chi connectivity index (χ2v) is 16.2. The van der Waals surface area contributed by atoms with Crippen molar-refractivity contribution in [2.75, 3.05) is 34.3 Å². The molecule has 0 radical (unpaired) electrons. The Hall–Kier alpha value is -3.41. The SMILES string of the molecule is COc1ccc2c(c1)C1CC1(C(=O)N1CC3CCC(C1)N3)Cn1c-2c(C2CCCCC2)c2ccc(C(=O)NS(=O)(=O)N(C)C)cc21. The van der Waals surface area contributed by atoms with Crippen LogP contribution in [0.1, 0.15) is 84.7 Å². The molecule has 2 saturated heterocycles. The molecule has 4 unspecified atom stereocenters. The number of hydrogen-bond donors (Lipinski definition) is 2. The topological polar surface area (TPSA) is 113 Å². The van der Waals surface area contributed by atoms with Gasteiger partial charge in [0.25, 0.3) is 5.91 Å². The Bertz CT molecular complexity index is 1850. The van der Waals surface area contributed by atoms with Gasteiger partial charge in [-0.1, -0.05) is 25.3 Å². The Morgan fingerprint density at radius 1 is 1.00 bits per heavy atom. The lowest BCUT2D eigenvalue weighted by molar-refractivity contribution is -0.139. The highest BCUT2D eigenvalue weighted by molar-refractivity contribution is 7.87. The lowest BCUT2D eigenvalue weighted by Gasteiger charge is -2.36. The number of likely N-dealkylation sites (tertiary alicyclic amines) is 1. The minimum absolute atomic E-state index is 0.0727. The summed E-state index contributed by atoms with van der Waals surface area (Å²) < 4.78 is 36.3. The van der Waals surface area contributed by atoms with Gasteiger partial charge in [-0.3, -0.25) is 9.59 Å². The number of fused-ring (bicyclic) bond motifs is 9. The quantitative estimate of drug-likeness (QED) is 0.412. The van der Waals surface area contributed by atoms with E-state index in [4.69, 9.17) is 4.74 Å². The number of nitrogens with one attached hydrogen (secondary N) is 2. The second-order valence-electron chi connectivity index (χ2n) is 14.3. The fourth-order valence-corrected chi connectivity index (χ4v) is 9.50. The maximum atomic E-state index is 14.7. The summed E-state index contributed by atoms with van der Waals surface area (Å²) >= 11 is 0. The normalized spacial score (nSPS) is 27.1. The average Bonchev–Trinajstić information content (AvgIpc) is 3.60. The van der Waals surface area contributed by atoms with Crippen molar-refractivity contribution in [3.8, 4) is 17.0 Å². The monoisotopic (exact) mass is 645 g/mol. The van der Waals surface area contributed by atoms with Gasteiger partial charge in [0, 0.05) is 73.8 Å². The summed E-state index contributed by atoms with van der Waals surface area (Å²) in [5.74, 6) is 0.779. The fraction of sp³-hybridized carbons (Fsp3) is 0.543. The van der Waals surface area contributed by atoms with Crippen molar-refractivity contribution in [1.82, 2.24) is 23.8 Å². The van der Waals surface area contributed by atoms with E-state index >= 15 is 0 Å². The van der Waals surface area contributed by atoms with Gasteiger partial charge in [-0.05, 0) is 79.5 Å². The Labute approximate surface area is 270 Å². The molecule has 2 amide bonds. The summed E-state index contributed by atoms with van der Waals surface area (Å²) in [5, 5.41) is 4.75. The summed E-state index contributed by atoms with van der Waals surface area (Å²) in [6.45, 7) is 2.00. The third-order valence-electron chi connectivity index (χ3n) is 11.4. The summed E-state index contributed by atoms with van der Waals surface area (Å²) in [6, 6.07) is 12.6. The molecule has 4 atom stereocenters. The van der Waals surface area contributed by atoms with Crippen LogP contribution in [0.15, 0.2) is 36.4 Å². The van der Waals surface area contributed by atoms with Crippen molar-refractivity contribution in [3.63, 3.8) is 0 Å². The van der Waals surface area contributed by atoms with Crippen molar-refractivity contribution in [1.29, 1.82) is 0 Å². The minimum Gasteiger partial charge on any atom is -0.497 e. The summed E-state index contributed by atoms with van der Waals surface area (Å²) in [5.41, 5.74) is 5.30. The molecule has 244 valence electrons. The molecule has 8 rings (SSSR count). The predicted molar refractivity (Wildman–Crippen MR) is 176 cm³/mol. The van der Waals surface area contributed by atoms with E-state index in [2.05, 4.69) is 31.6 Å². The van der Waals surface area contributed by atoms with E-state index in [1.807, 2.05) is 18.2 Å². The standard InChI is InChI=1S/C35H43N5O5S/c1-38(2)46(43,44)37-33(41)22-9-13-27-30(15-22)40-20-35(34(42)39-18-23-10-11-24(19-39)36-23)17-29(35)28-16-25(45-3)12-14-26(28)32(40)31(27)21-7-5-4-6-8-21/h9,12-16,21,23-24,29,36H,4-8,10-11,17-20H2,1-3H3,(H,37,41). The van der Waals surface area contributed by atoms with Gasteiger partial charge >= 0.3 is 10.2 Å². The zero-order chi connectivity index (χ0) is 32.0. The number of amides is 2. The molecule has 10 nitrogen and oxygen atoms in total. The van der Waals surface area contributed by atoms with Gasteiger partial charge in [0.1, 0.15) is 5.75 Å². The van der Waals surface area contributed by atoms with Gasteiger partial charge in [0.05, 0.1) is 18.2 Å². The Kier molecular flexibility index (Phi) is 7.04. The number of hydrogen-bond acceptors (Lipinski definition) is 6. The first-order valence-electron chi connectivity index (χ1n) is 16.7. The van der Waals surface area contributed by atoms with Crippen LogP contribution in [0.3, 0.4) is 0 Å². The van der Waals surface area contributed by atoms with Crippen LogP contribution >= 0.6 is 0 Å². The van der Waals surface area contributed by atoms with Gasteiger partial charge < -0.3 is 19.5 Å². The molecule has 2 bridgehead atoms. The van der Waals surface area contributed by atoms with E-state index in [1.54, 1.807) is 13.2 Å². The summed E-state index contributed by atoms with van der Waals surface area (Å²) in [6.07, 6.45) is 8.75. The molecule has 2 N–H and O–H groups in total. The van der Waals surface area contributed by atoms with E-state index in [9.17, 15) is 18.0 Å². The number of nitrogens with zero attached hydrogens (tertiary/aromatic N) is 3. The molecule has 0 spiro atoms.